The number of hydrogen-bond donors (Lipinski definition) is 3. The highest BCUT2D eigenvalue weighted by atomic mass is 16.7. The van der Waals surface area contributed by atoms with E-state index in [2.05, 4.69) is 15.6 Å². The van der Waals surface area contributed by atoms with Gasteiger partial charge < -0.3 is 25.8 Å². The number of carbonyl (C=O) groups is 2. The minimum atomic E-state index is -0.416. The van der Waals surface area contributed by atoms with E-state index in [0.29, 0.717) is 28.3 Å². The van der Waals surface area contributed by atoms with Crippen LogP contribution in [-0.4, -0.2) is 30.1 Å². The summed E-state index contributed by atoms with van der Waals surface area (Å²) in [4.78, 5) is 28.6. The fraction of sp³-hybridized carbons (Fsp3) is 0.136. The molecule has 1 unspecified atom stereocenters. The zero-order chi connectivity index (χ0) is 20.9. The number of amides is 2. The molecule has 1 aliphatic rings. The van der Waals surface area contributed by atoms with Crippen LogP contribution < -0.4 is 25.8 Å². The second-order valence-corrected chi connectivity index (χ2v) is 6.70. The first-order valence-electron chi connectivity index (χ1n) is 9.35. The van der Waals surface area contributed by atoms with Gasteiger partial charge in [-0.3, -0.25) is 14.6 Å². The highest BCUT2D eigenvalue weighted by Gasteiger charge is 2.17. The molecule has 2 aromatic carbocycles. The number of benzene rings is 2. The Bertz CT molecular complexity index is 1050. The summed E-state index contributed by atoms with van der Waals surface area (Å²) in [5, 5.41) is 5.61. The number of aromatic nitrogens is 1. The lowest BCUT2D eigenvalue weighted by atomic mass is 10.0. The maximum Gasteiger partial charge on any atom is 0.255 e. The molecule has 0 saturated heterocycles. The summed E-state index contributed by atoms with van der Waals surface area (Å²) >= 11 is 0. The van der Waals surface area contributed by atoms with Crippen LogP contribution in [0, 0.1) is 0 Å². The van der Waals surface area contributed by atoms with Crippen molar-refractivity contribution in [1.29, 1.82) is 0 Å². The van der Waals surface area contributed by atoms with Crippen molar-refractivity contribution in [3.63, 3.8) is 0 Å². The molecular weight excluding hydrogens is 384 g/mol. The molecule has 0 fully saturated rings. The van der Waals surface area contributed by atoms with E-state index in [0.717, 1.165) is 5.56 Å². The van der Waals surface area contributed by atoms with Gasteiger partial charge in [0.25, 0.3) is 11.8 Å². The Morgan fingerprint density at radius 2 is 1.63 bits per heavy atom. The van der Waals surface area contributed by atoms with Gasteiger partial charge in [0.2, 0.25) is 6.79 Å². The largest absolute Gasteiger partial charge is 0.454 e. The quantitative estimate of drug-likeness (QED) is 0.581. The van der Waals surface area contributed by atoms with Gasteiger partial charge in [0.15, 0.2) is 11.5 Å². The average Bonchev–Trinajstić information content (AvgIpc) is 3.26. The fourth-order valence-corrected chi connectivity index (χ4v) is 2.98. The third-order valence-corrected chi connectivity index (χ3v) is 4.66. The van der Waals surface area contributed by atoms with Crippen LogP contribution in [0.25, 0.3) is 0 Å². The van der Waals surface area contributed by atoms with E-state index in [-0.39, 0.29) is 25.2 Å². The molecule has 0 radical (unpaired) electrons. The van der Waals surface area contributed by atoms with Crippen LogP contribution in [0.15, 0.2) is 67.0 Å². The molecule has 4 N–H and O–H groups in total. The van der Waals surface area contributed by atoms with Crippen molar-refractivity contribution in [2.45, 2.75) is 6.04 Å². The van der Waals surface area contributed by atoms with Gasteiger partial charge in [-0.15, -0.1) is 0 Å². The number of nitrogens with one attached hydrogen (secondary N) is 2. The Morgan fingerprint density at radius 1 is 0.933 bits per heavy atom. The van der Waals surface area contributed by atoms with E-state index >= 15 is 0 Å². The topological polar surface area (TPSA) is 116 Å². The Hall–Kier alpha value is -3.91. The Kier molecular flexibility index (Phi) is 5.58. The minimum absolute atomic E-state index is 0.155. The van der Waals surface area contributed by atoms with Crippen molar-refractivity contribution in [2.75, 3.05) is 18.7 Å². The Morgan fingerprint density at radius 3 is 2.40 bits per heavy atom. The number of rotatable bonds is 6. The molecule has 4 rings (SSSR count). The van der Waals surface area contributed by atoms with Gasteiger partial charge in [-0.2, -0.15) is 0 Å². The number of carbonyl (C=O) groups excluding carboxylic acids is 2. The van der Waals surface area contributed by atoms with E-state index in [1.54, 1.807) is 67.0 Å². The molecule has 8 nitrogen and oxygen atoms in total. The highest BCUT2D eigenvalue weighted by molar-refractivity contribution is 6.04. The molecule has 0 aliphatic carbocycles. The van der Waals surface area contributed by atoms with Gasteiger partial charge in [-0.1, -0.05) is 12.1 Å². The van der Waals surface area contributed by atoms with Crippen LogP contribution in [0.5, 0.6) is 11.5 Å². The molecule has 1 aromatic heterocycles. The molecule has 1 atom stereocenters. The lowest BCUT2D eigenvalue weighted by Gasteiger charge is -2.14. The third-order valence-electron chi connectivity index (χ3n) is 4.66. The number of nitrogens with two attached hydrogens (primary N) is 1. The predicted octanol–water partition coefficient (Wildman–Crippen LogP) is 2.49. The van der Waals surface area contributed by atoms with Gasteiger partial charge in [0, 0.05) is 41.8 Å². The van der Waals surface area contributed by atoms with E-state index < -0.39 is 6.04 Å². The molecule has 0 saturated carbocycles. The van der Waals surface area contributed by atoms with Crippen LogP contribution in [0.1, 0.15) is 32.3 Å². The van der Waals surface area contributed by atoms with Crippen molar-refractivity contribution in [1.82, 2.24) is 10.3 Å². The molecule has 2 amide bonds. The molecular formula is C22H20N4O4. The SMILES string of the molecule is NC(CNC(=O)c1ccc2c(c1)OCO2)c1ccc(C(=O)Nc2ccncc2)cc1. The molecule has 1 aliphatic heterocycles. The summed E-state index contributed by atoms with van der Waals surface area (Å²) < 4.78 is 10.5. The van der Waals surface area contributed by atoms with Crippen molar-refractivity contribution in [2.24, 2.45) is 5.73 Å². The minimum Gasteiger partial charge on any atom is -0.454 e. The summed E-state index contributed by atoms with van der Waals surface area (Å²) in [6.45, 7) is 0.400. The normalized spacial score (nSPS) is 12.8. The number of ether oxygens (including phenoxy) is 2. The monoisotopic (exact) mass is 404 g/mol. The van der Waals surface area contributed by atoms with Crippen LogP contribution >= 0.6 is 0 Å². The number of anilines is 1. The van der Waals surface area contributed by atoms with Crippen LogP contribution in [0.2, 0.25) is 0 Å². The van der Waals surface area contributed by atoms with E-state index in [1.807, 2.05) is 0 Å². The summed E-state index contributed by atoms with van der Waals surface area (Å²) in [5.74, 6) is 0.693. The number of fused-ring (bicyclic) bond motifs is 1. The fourth-order valence-electron chi connectivity index (χ4n) is 2.98. The first-order chi connectivity index (χ1) is 14.6. The van der Waals surface area contributed by atoms with Gasteiger partial charge in [-0.05, 0) is 48.0 Å². The maximum atomic E-state index is 12.4. The van der Waals surface area contributed by atoms with Crippen LogP contribution in [0.4, 0.5) is 5.69 Å². The number of pyridine rings is 1. The van der Waals surface area contributed by atoms with E-state index in [9.17, 15) is 9.59 Å². The van der Waals surface area contributed by atoms with E-state index in [4.69, 9.17) is 15.2 Å². The van der Waals surface area contributed by atoms with Gasteiger partial charge in [0.05, 0.1) is 0 Å². The smallest absolute Gasteiger partial charge is 0.255 e. The Labute approximate surface area is 173 Å². The second kappa shape index (κ2) is 8.62. The van der Waals surface area contributed by atoms with Crippen LogP contribution in [-0.2, 0) is 0 Å². The van der Waals surface area contributed by atoms with Crippen molar-refractivity contribution >= 4 is 17.5 Å². The van der Waals surface area contributed by atoms with Crippen molar-refractivity contribution < 1.29 is 19.1 Å². The highest BCUT2D eigenvalue weighted by Crippen LogP contribution is 2.32. The molecule has 3 aromatic rings. The average molecular weight is 404 g/mol. The van der Waals surface area contributed by atoms with Gasteiger partial charge in [0.1, 0.15) is 0 Å². The third kappa shape index (κ3) is 4.39. The predicted molar refractivity (Wildman–Crippen MR) is 110 cm³/mol. The summed E-state index contributed by atoms with van der Waals surface area (Å²) in [7, 11) is 0. The summed E-state index contributed by atoms with van der Waals surface area (Å²) in [6.07, 6.45) is 3.21. The molecule has 152 valence electrons. The van der Waals surface area contributed by atoms with Crippen molar-refractivity contribution in [3.8, 4) is 11.5 Å². The first-order valence-corrected chi connectivity index (χ1v) is 9.35. The molecule has 8 heteroatoms. The second-order valence-electron chi connectivity index (χ2n) is 6.70. The van der Waals surface area contributed by atoms with Crippen LogP contribution in [0.3, 0.4) is 0 Å². The maximum absolute atomic E-state index is 12.4. The molecule has 30 heavy (non-hydrogen) atoms. The van der Waals surface area contributed by atoms with Gasteiger partial charge >= 0.3 is 0 Å². The number of nitrogens with zero attached hydrogens (tertiary/aromatic N) is 1. The molecule has 0 bridgehead atoms. The summed E-state index contributed by atoms with van der Waals surface area (Å²) in [5.41, 5.74) is 8.64. The summed E-state index contributed by atoms with van der Waals surface area (Å²) in [6, 6.07) is 15.0. The zero-order valence-electron chi connectivity index (χ0n) is 16.0. The van der Waals surface area contributed by atoms with E-state index in [1.165, 1.54) is 0 Å². The van der Waals surface area contributed by atoms with Crippen molar-refractivity contribution in [3.05, 3.63) is 83.7 Å². The Balaban J connectivity index is 1.33. The molecule has 0 spiro atoms. The standard InChI is InChI=1S/C22H20N4O4/c23-18(12-25-21(27)16-5-6-19-20(11-16)30-13-29-19)14-1-3-15(4-2-14)22(28)26-17-7-9-24-10-8-17/h1-11,18H,12-13,23H2,(H,25,27)(H,24,26,28). The first kappa shape index (κ1) is 19.4. The zero-order valence-corrected chi connectivity index (χ0v) is 16.0. The molecule has 2 heterocycles. The lowest BCUT2D eigenvalue weighted by Crippen LogP contribution is -2.31. The lowest BCUT2D eigenvalue weighted by molar-refractivity contribution is 0.0950. The van der Waals surface area contributed by atoms with Gasteiger partial charge in [-0.25, -0.2) is 0 Å². The number of hydrogen-bond acceptors (Lipinski definition) is 6.